The molecule has 2 rings (SSSR count). The molecule has 0 aromatic heterocycles. The molecular weight excluding hydrogens is 343 g/mol. The van der Waals surface area contributed by atoms with Crippen molar-refractivity contribution in [3.63, 3.8) is 0 Å². The number of nitroso groups, excluding NO2 is 1. The highest BCUT2D eigenvalue weighted by Crippen LogP contribution is 2.27. The Morgan fingerprint density at radius 3 is 2.73 bits per heavy atom. The van der Waals surface area contributed by atoms with E-state index in [2.05, 4.69) is 21.0 Å². The quantitative estimate of drug-likeness (QED) is 0.449. The molecule has 0 bridgehead atoms. The van der Waals surface area contributed by atoms with E-state index in [-0.39, 0.29) is 17.8 Å². The van der Waals surface area contributed by atoms with Gasteiger partial charge in [-0.05, 0) is 47.1 Å². The number of nitrogens with zero attached hydrogens (tertiary/aromatic N) is 2. The zero-order valence-electron chi connectivity index (χ0n) is 13.7. The van der Waals surface area contributed by atoms with Crippen LogP contribution in [0.3, 0.4) is 0 Å². The summed E-state index contributed by atoms with van der Waals surface area (Å²) in [6.45, 7) is -0.337. The van der Waals surface area contributed by atoms with Gasteiger partial charge < -0.3 is 10.1 Å². The number of nitrogens with one attached hydrogen (secondary N) is 2. The first kappa shape index (κ1) is 18.7. The zero-order chi connectivity index (χ0) is 18.9. The molecule has 0 unspecified atom stereocenters. The van der Waals surface area contributed by atoms with Crippen LogP contribution in [0.5, 0.6) is 5.75 Å². The largest absolute Gasteiger partial charge is 0.494 e. The smallest absolute Gasteiger partial charge is 0.259 e. The lowest BCUT2D eigenvalue weighted by Crippen LogP contribution is -2.34. The normalized spacial score (nSPS) is 10.4. The monoisotopic (exact) mass is 358 g/mol. The van der Waals surface area contributed by atoms with E-state index in [1.54, 1.807) is 12.1 Å². The van der Waals surface area contributed by atoms with E-state index in [1.807, 2.05) is 0 Å². The molecule has 0 spiro atoms. The lowest BCUT2D eigenvalue weighted by molar-refractivity contribution is -0.120. The fraction of sp³-hybridized carbons (Fsp3) is 0.118. The Morgan fingerprint density at radius 2 is 2.04 bits per heavy atom. The van der Waals surface area contributed by atoms with Gasteiger partial charge in [0, 0.05) is 5.56 Å². The Labute approximate surface area is 148 Å². The number of carbonyl (C=O) groups excluding carboxylic acids is 2. The molecule has 2 aromatic rings. The highest BCUT2D eigenvalue weighted by Gasteiger charge is 2.08. The number of halogens is 1. The van der Waals surface area contributed by atoms with Crippen LogP contribution >= 0.6 is 0 Å². The molecular formula is C17H15FN4O4. The second-order valence-electron chi connectivity index (χ2n) is 5.01. The summed E-state index contributed by atoms with van der Waals surface area (Å²) in [4.78, 5) is 34.1. The molecule has 2 aromatic carbocycles. The minimum Gasteiger partial charge on any atom is -0.494 e. The minimum absolute atomic E-state index is 0.102. The molecule has 8 nitrogen and oxygen atoms in total. The van der Waals surface area contributed by atoms with E-state index in [0.29, 0.717) is 11.3 Å². The first-order valence-corrected chi connectivity index (χ1v) is 7.40. The predicted molar refractivity (Wildman–Crippen MR) is 92.9 cm³/mol. The molecule has 0 fully saturated rings. The Bertz CT molecular complexity index is 854. The molecule has 134 valence electrons. The van der Waals surface area contributed by atoms with Crippen molar-refractivity contribution in [2.45, 2.75) is 0 Å². The fourth-order valence-corrected chi connectivity index (χ4v) is 1.97. The van der Waals surface area contributed by atoms with Gasteiger partial charge in [-0.1, -0.05) is 6.07 Å². The first-order chi connectivity index (χ1) is 12.5. The molecule has 0 aliphatic rings. The average molecular weight is 358 g/mol. The Hall–Kier alpha value is -3.62. The Kier molecular flexibility index (Phi) is 6.49. The first-order valence-electron chi connectivity index (χ1n) is 7.40. The lowest BCUT2D eigenvalue weighted by atomic mass is 10.2. The third-order valence-electron chi connectivity index (χ3n) is 3.20. The van der Waals surface area contributed by atoms with E-state index in [1.165, 1.54) is 37.6 Å². The van der Waals surface area contributed by atoms with Crippen molar-refractivity contribution < 1.29 is 18.7 Å². The highest BCUT2D eigenvalue weighted by molar-refractivity contribution is 5.96. The van der Waals surface area contributed by atoms with E-state index in [9.17, 15) is 18.9 Å². The molecule has 0 aliphatic carbocycles. The lowest BCUT2D eigenvalue weighted by Gasteiger charge is -2.04. The molecule has 2 amide bonds. The average Bonchev–Trinajstić information content (AvgIpc) is 2.65. The molecule has 0 aliphatic heterocycles. The van der Waals surface area contributed by atoms with Crippen LogP contribution in [-0.2, 0) is 4.79 Å². The van der Waals surface area contributed by atoms with Crippen LogP contribution in [0.4, 0.5) is 10.1 Å². The summed E-state index contributed by atoms with van der Waals surface area (Å²) in [7, 11) is 1.41. The topological polar surface area (TPSA) is 109 Å². The maximum Gasteiger partial charge on any atom is 0.259 e. The van der Waals surface area contributed by atoms with Crippen molar-refractivity contribution in [1.29, 1.82) is 0 Å². The van der Waals surface area contributed by atoms with E-state index >= 15 is 0 Å². The van der Waals surface area contributed by atoms with Crippen molar-refractivity contribution in [1.82, 2.24) is 10.7 Å². The number of carbonyl (C=O) groups is 2. The van der Waals surface area contributed by atoms with Crippen LogP contribution in [0.15, 0.2) is 52.7 Å². The van der Waals surface area contributed by atoms with Crippen molar-refractivity contribution in [3.05, 3.63) is 64.3 Å². The number of hydrogen-bond donors (Lipinski definition) is 2. The number of benzene rings is 2. The number of ether oxygens (including phenoxy) is 1. The molecule has 2 N–H and O–H groups in total. The summed E-state index contributed by atoms with van der Waals surface area (Å²) >= 11 is 0. The Morgan fingerprint density at radius 1 is 1.23 bits per heavy atom. The number of rotatable bonds is 7. The summed E-state index contributed by atoms with van der Waals surface area (Å²) in [5.41, 5.74) is 2.94. The van der Waals surface area contributed by atoms with Gasteiger partial charge in [-0.3, -0.25) is 9.59 Å². The van der Waals surface area contributed by atoms with Crippen LogP contribution in [0, 0.1) is 10.7 Å². The van der Waals surface area contributed by atoms with Gasteiger partial charge in [0.1, 0.15) is 11.6 Å². The van der Waals surface area contributed by atoms with Gasteiger partial charge in [0.25, 0.3) is 11.8 Å². The predicted octanol–water partition coefficient (Wildman–Crippen LogP) is 2.11. The fourth-order valence-electron chi connectivity index (χ4n) is 1.97. The van der Waals surface area contributed by atoms with E-state index in [4.69, 9.17) is 4.74 Å². The van der Waals surface area contributed by atoms with Crippen LogP contribution in [0.2, 0.25) is 0 Å². The van der Waals surface area contributed by atoms with Gasteiger partial charge in [0.05, 0.1) is 19.9 Å². The van der Waals surface area contributed by atoms with Gasteiger partial charge in [-0.2, -0.15) is 5.10 Å². The van der Waals surface area contributed by atoms with Crippen LogP contribution < -0.4 is 15.5 Å². The van der Waals surface area contributed by atoms with Crippen molar-refractivity contribution >= 4 is 23.7 Å². The van der Waals surface area contributed by atoms with Crippen LogP contribution in [0.25, 0.3) is 0 Å². The van der Waals surface area contributed by atoms with Crippen molar-refractivity contribution in [2.24, 2.45) is 10.3 Å². The van der Waals surface area contributed by atoms with Crippen LogP contribution in [-0.4, -0.2) is 31.7 Å². The van der Waals surface area contributed by atoms with Crippen molar-refractivity contribution in [2.75, 3.05) is 13.7 Å². The maximum atomic E-state index is 13.0. The SMILES string of the molecule is COc1ccc(/C=N/NC(=O)CNC(=O)c2cccc(F)c2)cc1N=O. The van der Waals surface area contributed by atoms with Gasteiger partial charge in [0.2, 0.25) is 0 Å². The summed E-state index contributed by atoms with van der Waals surface area (Å²) in [5.74, 6) is -1.38. The zero-order valence-corrected chi connectivity index (χ0v) is 13.7. The summed E-state index contributed by atoms with van der Waals surface area (Å²) < 4.78 is 18.0. The molecule has 26 heavy (non-hydrogen) atoms. The molecule has 0 radical (unpaired) electrons. The third kappa shape index (κ3) is 5.20. The molecule has 0 saturated heterocycles. The summed E-state index contributed by atoms with van der Waals surface area (Å²) in [6.07, 6.45) is 1.31. The second-order valence-corrected chi connectivity index (χ2v) is 5.01. The summed E-state index contributed by atoms with van der Waals surface area (Å²) in [5, 5.41) is 8.89. The van der Waals surface area contributed by atoms with Gasteiger partial charge in [0.15, 0.2) is 5.69 Å². The molecule has 0 saturated carbocycles. The van der Waals surface area contributed by atoms with Crippen LogP contribution in [0.1, 0.15) is 15.9 Å². The third-order valence-corrected chi connectivity index (χ3v) is 3.20. The molecule has 9 heteroatoms. The number of hydrazone groups is 1. The minimum atomic E-state index is -0.583. The number of amides is 2. The summed E-state index contributed by atoms with van der Waals surface area (Å²) in [6, 6.07) is 9.70. The standard InChI is InChI=1S/C17H15FN4O4/c1-26-15-6-5-11(7-14(15)22-25)9-20-21-16(23)10-19-17(24)12-3-2-4-13(18)8-12/h2-9H,10H2,1H3,(H,19,24)(H,21,23)/b20-9+. The van der Waals surface area contributed by atoms with E-state index in [0.717, 1.165) is 6.07 Å². The van der Waals surface area contributed by atoms with E-state index < -0.39 is 17.6 Å². The highest BCUT2D eigenvalue weighted by atomic mass is 19.1. The Balaban J connectivity index is 1.85. The molecule has 0 atom stereocenters. The second kappa shape index (κ2) is 9.02. The number of methoxy groups -OCH3 is 1. The maximum absolute atomic E-state index is 13.0. The molecule has 0 heterocycles. The van der Waals surface area contributed by atoms with Gasteiger partial charge in [-0.25, -0.2) is 9.82 Å². The van der Waals surface area contributed by atoms with Gasteiger partial charge in [-0.15, -0.1) is 4.91 Å². The van der Waals surface area contributed by atoms with Crippen molar-refractivity contribution in [3.8, 4) is 5.75 Å². The van der Waals surface area contributed by atoms with Gasteiger partial charge >= 0.3 is 0 Å². The number of hydrogen-bond acceptors (Lipinski definition) is 6.